The predicted octanol–water partition coefficient (Wildman–Crippen LogP) is 7.23. The fourth-order valence-electron chi connectivity index (χ4n) is 6.49. The Morgan fingerprint density at radius 3 is 1.96 bits per heavy atom. The van der Waals surface area contributed by atoms with Crippen LogP contribution in [-0.4, -0.2) is 23.0 Å². The van der Waals surface area contributed by atoms with Crippen LogP contribution in [0.2, 0.25) is 0 Å². The molecular weight excluding hydrogens is 326 g/mol. The molecule has 3 fully saturated rings. The summed E-state index contributed by atoms with van der Waals surface area (Å²) < 4.78 is 0. The fraction of sp³-hybridized carbons (Fsp3) is 0.769. The minimum Gasteiger partial charge on any atom is -0.294 e. The lowest BCUT2D eigenvalue weighted by atomic mass is 9.77. The molecule has 1 aromatic rings. The SMILES string of the molecule is Cc1ccc(C2CCC(N(C3CCCCC3)C3CCCC(C)C3)CC2)cc1. The maximum absolute atomic E-state index is 3.11. The molecule has 0 N–H and O–H groups in total. The summed E-state index contributed by atoms with van der Waals surface area (Å²) in [4.78, 5) is 3.11. The van der Waals surface area contributed by atoms with Crippen LogP contribution in [0.1, 0.15) is 107 Å². The lowest BCUT2D eigenvalue weighted by molar-refractivity contribution is 0.0117. The van der Waals surface area contributed by atoms with E-state index in [9.17, 15) is 0 Å². The van der Waals surface area contributed by atoms with Crippen LogP contribution in [0.25, 0.3) is 0 Å². The number of hydrogen-bond donors (Lipinski definition) is 0. The highest BCUT2D eigenvalue weighted by Crippen LogP contribution is 2.40. The normalized spacial score (nSPS) is 33.3. The van der Waals surface area contributed by atoms with E-state index in [1.54, 1.807) is 5.56 Å². The first kappa shape index (κ1) is 19.5. The monoisotopic (exact) mass is 367 g/mol. The molecule has 1 nitrogen and oxygen atoms in total. The molecule has 3 saturated carbocycles. The van der Waals surface area contributed by atoms with Gasteiger partial charge in [0.25, 0.3) is 0 Å². The minimum atomic E-state index is 0.806. The molecule has 0 heterocycles. The fourth-order valence-corrected chi connectivity index (χ4v) is 6.49. The van der Waals surface area contributed by atoms with Crippen molar-refractivity contribution in [3.05, 3.63) is 35.4 Å². The quantitative estimate of drug-likeness (QED) is 0.542. The third-order valence-electron chi connectivity index (χ3n) is 7.99. The molecule has 0 bridgehead atoms. The minimum absolute atomic E-state index is 0.806. The largest absolute Gasteiger partial charge is 0.294 e. The third-order valence-corrected chi connectivity index (χ3v) is 7.99. The lowest BCUT2D eigenvalue weighted by Gasteiger charge is -2.49. The van der Waals surface area contributed by atoms with Gasteiger partial charge in [-0.2, -0.15) is 0 Å². The van der Waals surface area contributed by atoms with Gasteiger partial charge in [0.2, 0.25) is 0 Å². The zero-order valence-electron chi connectivity index (χ0n) is 17.8. The van der Waals surface area contributed by atoms with E-state index >= 15 is 0 Å². The highest BCUT2D eigenvalue weighted by molar-refractivity contribution is 5.25. The molecule has 0 radical (unpaired) electrons. The first-order valence-electron chi connectivity index (χ1n) is 12.0. The maximum Gasteiger partial charge on any atom is 0.0104 e. The molecule has 0 spiro atoms. The Morgan fingerprint density at radius 1 is 0.667 bits per heavy atom. The molecular formula is C26H41N. The van der Waals surface area contributed by atoms with Crippen LogP contribution in [0.5, 0.6) is 0 Å². The molecule has 0 aliphatic heterocycles. The standard InChI is InChI=1S/C26H41N/c1-20-11-13-22(14-12-20)23-15-17-25(18-16-23)27(24-8-4-3-5-9-24)26-10-6-7-21(2)19-26/h11-14,21,23-26H,3-10,15-19H2,1-2H3. The molecule has 2 unspecified atom stereocenters. The Bertz CT molecular complexity index is 562. The maximum atomic E-state index is 3.11. The first-order chi connectivity index (χ1) is 13.2. The Kier molecular flexibility index (Phi) is 6.58. The second-order valence-electron chi connectivity index (χ2n) is 10.1. The molecule has 3 aliphatic carbocycles. The van der Waals surface area contributed by atoms with E-state index < -0.39 is 0 Å². The molecule has 1 heteroatoms. The van der Waals surface area contributed by atoms with E-state index in [4.69, 9.17) is 0 Å². The number of benzene rings is 1. The van der Waals surface area contributed by atoms with Crippen molar-refractivity contribution in [1.82, 2.24) is 4.90 Å². The molecule has 0 amide bonds. The summed E-state index contributed by atoms with van der Waals surface area (Å²) >= 11 is 0. The van der Waals surface area contributed by atoms with Crippen LogP contribution in [0.4, 0.5) is 0 Å². The smallest absolute Gasteiger partial charge is 0.0104 e. The van der Waals surface area contributed by atoms with Crippen molar-refractivity contribution >= 4 is 0 Å². The Labute approximate surface area is 167 Å². The van der Waals surface area contributed by atoms with Gasteiger partial charge in [-0.3, -0.25) is 4.90 Å². The van der Waals surface area contributed by atoms with E-state index in [-0.39, 0.29) is 0 Å². The van der Waals surface area contributed by atoms with Gasteiger partial charge in [0.15, 0.2) is 0 Å². The lowest BCUT2D eigenvalue weighted by Crippen LogP contribution is -2.52. The Hall–Kier alpha value is -0.820. The molecule has 1 aromatic carbocycles. The zero-order valence-corrected chi connectivity index (χ0v) is 17.8. The summed E-state index contributed by atoms with van der Waals surface area (Å²) in [6, 6.07) is 12.0. The number of hydrogen-bond acceptors (Lipinski definition) is 1. The molecule has 4 rings (SSSR count). The summed E-state index contributed by atoms with van der Waals surface area (Å²) in [6.45, 7) is 4.70. The van der Waals surface area contributed by atoms with E-state index in [1.165, 1.54) is 89.0 Å². The zero-order chi connectivity index (χ0) is 18.6. The van der Waals surface area contributed by atoms with Crippen LogP contribution >= 0.6 is 0 Å². The van der Waals surface area contributed by atoms with Gasteiger partial charge < -0.3 is 0 Å². The highest BCUT2D eigenvalue weighted by atomic mass is 15.2. The summed E-state index contributed by atoms with van der Waals surface area (Å²) in [7, 11) is 0. The van der Waals surface area contributed by atoms with Crippen molar-refractivity contribution in [3.63, 3.8) is 0 Å². The van der Waals surface area contributed by atoms with Gasteiger partial charge in [-0.1, -0.05) is 68.9 Å². The number of aryl methyl sites for hydroxylation is 1. The van der Waals surface area contributed by atoms with Crippen molar-refractivity contribution in [2.75, 3.05) is 0 Å². The average molecular weight is 368 g/mol. The van der Waals surface area contributed by atoms with Crippen molar-refractivity contribution in [2.24, 2.45) is 5.92 Å². The van der Waals surface area contributed by atoms with E-state index in [2.05, 4.69) is 43.0 Å². The summed E-state index contributed by atoms with van der Waals surface area (Å²) in [5.41, 5.74) is 2.98. The van der Waals surface area contributed by atoms with Crippen LogP contribution in [0.15, 0.2) is 24.3 Å². The molecule has 0 aromatic heterocycles. The second-order valence-corrected chi connectivity index (χ2v) is 10.1. The van der Waals surface area contributed by atoms with Crippen LogP contribution in [0, 0.1) is 12.8 Å². The first-order valence-corrected chi connectivity index (χ1v) is 12.0. The molecule has 3 aliphatic rings. The van der Waals surface area contributed by atoms with Crippen molar-refractivity contribution in [1.29, 1.82) is 0 Å². The molecule has 150 valence electrons. The van der Waals surface area contributed by atoms with E-state index in [1.807, 2.05) is 0 Å². The Morgan fingerprint density at radius 2 is 1.30 bits per heavy atom. The third kappa shape index (κ3) is 4.78. The highest BCUT2D eigenvalue weighted by Gasteiger charge is 2.37. The topological polar surface area (TPSA) is 3.24 Å². The van der Waals surface area contributed by atoms with Crippen molar-refractivity contribution < 1.29 is 0 Å². The van der Waals surface area contributed by atoms with Crippen molar-refractivity contribution in [3.8, 4) is 0 Å². The Balaban J connectivity index is 1.43. The average Bonchev–Trinajstić information content (AvgIpc) is 2.70. The van der Waals surface area contributed by atoms with Crippen LogP contribution in [-0.2, 0) is 0 Å². The van der Waals surface area contributed by atoms with Crippen LogP contribution in [0.3, 0.4) is 0 Å². The van der Waals surface area contributed by atoms with Gasteiger partial charge in [0.1, 0.15) is 0 Å². The van der Waals surface area contributed by atoms with Gasteiger partial charge in [0.05, 0.1) is 0 Å². The van der Waals surface area contributed by atoms with Gasteiger partial charge in [-0.05, 0) is 75.7 Å². The van der Waals surface area contributed by atoms with Crippen molar-refractivity contribution in [2.45, 2.75) is 121 Å². The number of rotatable bonds is 4. The van der Waals surface area contributed by atoms with Gasteiger partial charge in [-0.25, -0.2) is 0 Å². The number of nitrogens with zero attached hydrogens (tertiary/aromatic N) is 1. The van der Waals surface area contributed by atoms with E-state index in [0.717, 1.165) is 30.0 Å². The predicted molar refractivity (Wildman–Crippen MR) is 116 cm³/mol. The van der Waals surface area contributed by atoms with Crippen LogP contribution < -0.4 is 0 Å². The van der Waals surface area contributed by atoms with E-state index in [0.29, 0.717) is 0 Å². The molecule has 2 atom stereocenters. The summed E-state index contributed by atoms with van der Waals surface area (Å²) in [5.74, 6) is 1.75. The second kappa shape index (κ2) is 9.12. The van der Waals surface area contributed by atoms with Gasteiger partial charge in [0, 0.05) is 18.1 Å². The van der Waals surface area contributed by atoms with Gasteiger partial charge in [-0.15, -0.1) is 0 Å². The summed E-state index contributed by atoms with van der Waals surface area (Å²) in [6.07, 6.45) is 18.9. The molecule has 0 saturated heterocycles. The van der Waals surface area contributed by atoms with Gasteiger partial charge >= 0.3 is 0 Å². The molecule has 27 heavy (non-hydrogen) atoms. The summed E-state index contributed by atoms with van der Waals surface area (Å²) in [5, 5.41) is 0.